The van der Waals surface area contributed by atoms with Crippen LogP contribution in [-0.2, 0) is 11.4 Å². The van der Waals surface area contributed by atoms with Gasteiger partial charge in [-0.05, 0) is 88.9 Å². The van der Waals surface area contributed by atoms with E-state index in [1.54, 1.807) is 37.3 Å². The molecule has 0 heterocycles. The maximum absolute atomic E-state index is 12.7. The number of rotatable bonds is 8. The van der Waals surface area contributed by atoms with Crippen LogP contribution in [0.1, 0.15) is 23.6 Å². The van der Waals surface area contributed by atoms with E-state index in [2.05, 4.69) is 37.2 Å². The highest BCUT2D eigenvalue weighted by atomic mass is 79.9. The first-order valence-corrected chi connectivity index (χ1v) is 12.3. The van der Waals surface area contributed by atoms with Gasteiger partial charge in [-0.3, -0.25) is 4.79 Å². The molecule has 0 aliphatic carbocycles. The second-order valence-electron chi connectivity index (χ2n) is 7.21. The molecule has 0 aliphatic heterocycles. The van der Waals surface area contributed by atoms with Gasteiger partial charge in [0.2, 0.25) is 0 Å². The summed E-state index contributed by atoms with van der Waals surface area (Å²) in [5.74, 6) is 0.514. The molecule has 0 spiro atoms. The number of anilines is 1. The Bertz CT molecular complexity index is 1270. The standard InChI is InChI=1S/C26H21Br2ClN2O3/c1-3-33-24-13-18(12-21(28)25(24)34-15-17-7-9-20(27)10-8-17)11-19(14-30)26(32)31-23-6-4-5-22(29)16(23)2/h4-13H,3,15H2,1-2H3,(H,31,32)/b19-11+. The molecule has 0 atom stereocenters. The van der Waals surface area contributed by atoms with E-state index >= 15 is 0 Å². The summed E-state index contributed by atoms with van der Waals surface area (Å²) in [4.78, 5) is 12.7. The first-order valence-electron chi connectivity index (χ1n) is 10.3. The zero-order chi connectivity index (χ0) is 24.7. The average molecular weight is 605 g/mol. The highest BCUT2D eigenvalue weighted by molar-refractivity contribution is 9.10. The van der Waals surface area contributed by atoms with Crippen molar-refractivity contribution in [2.24, 2.45) is 0 Å². The van der Waals surface area contributed by atoms with Crippen LogP contribution in [-0.4, -0.2) is 12.5 Å². The molecular weight excluding hydrogens is 584 g/mol. The van der Waals surface area contributed by atoms with Crippen molar-refractivity contribution >= 4 is 61.1 Å². The normalized spacial score (nSPS) is 11.0. The summed E-state index contributed by atoms with van der Waals surface area (Å²) in [6.07, 6.45) is 1.50. The molecule has 1 amide bonds. The number of hydrogen-bond donors (Lipinski definition) is 1. The van der Waals surface area contributed by atoms with E-state index in [4.69, 9.17) is 21.1 Å². The number of nitriles is 1. The zero-order valence-corrected chi connectivity index (χ0v) is 22.4. The molecule has 34 heavy (non-hydrogen) atoms. The Labute approximate surface area is 220 Å². The number of halogens is 3. The predicted molar refractivity (Wildman–Crippen MR) is 142 cm³/mol. The van der Waals surface area contributed by atoms with Crippen LogP contribution in [0, 0.1) is 18.3 Å². The number of nitrogens with one attached hydrogen (secondary N) is 1. The minimum atomic E-state index is -0.530. The number of hydrogen-bond acceptors (Lipinski definition) is 4. The molecule has 0 saturated carbocycles. The highest BCUT2D eigenvalue weighted by Crippen LogP contribution is 2.38. The third-order valence-electron chi connectivity index (χ3n) is 4.82. The molecule has 0 saturated heterocycles. The molecule has 0 aromatic heterocycles. The van der Waals surface area contributed by atoms with Gasteiger partial charge in [0, 0.05) is 15.2 Å². The molecule has 3 aromatic rings. The molecule has 3 aromatic carbocycles. The molecule has 0 bridgehead atoms. The van der Waals surface area contributed by atoms with Gasteiger partial charge >= 0.3 is 0 Å². The summed E-state index contributed by atoms with van der Waals surface area (Å²) < 4.78 is 13.4. The van der Waals surface area contributed by atoms with Crippen LogP contribution < -0.4 is 14.8 Å². The van der Waals surface area contributed by atoms with Crippen LogP contribution in [0.4, 0.5) is 5.69 Å². The molecule has 3 rings (SSSR count). The molecule has 1 N–H and O–H groups in total. The van der Waals surface area contributed by atoms with Crippen LogP contribution in [0.5, 0.6) is 11.5 Å². The van der Waals surface area contributed by atoms with E-state index in [0.717, 1.165) is 15.6 Å². The summed E-state index contributed by atoms with van der Waals surface area (Å²) in [6, 6.07) is 18.5. The van der Waals surface area contributed by atoms with Crippen LogP contribution in [0.3, 0.4) is 0 Å². The Morgan fingerprint density at radius 2 is 1.88 bits per heavy atom. The second kappa shape index (κ2) is 12.1. The van der Waals surface area contributed by atoms with Crippen molar-refractivity contribution in [3.05, 3.63) is 90.8 Å². The first kappa shape index (κ1) is 25.8. The van der Waals surface area contributed by atoms with Gasteiger partial charge in [-0.1, -0.05) is 45.7 Å². The third-order valence-corrected chi connectivity index (χ3v) is 6.35. The summed E-state index contributed by atoms with van der Waals surface area (Å²) >= 11 is 13.1. The van der Waals surface area contributed by atoms with E-state index < -0.39 is 5.91 Å². The van der Waals surface area contributed by atoms with Gasteiger partial charge in [0.15, 0.2) is 11.5 Å². The molecule has 0 aliphatic rings. The van der Waals surface area contributed by atoms with Crippen molar-refractivity contribution in [2.75, 3.05) is 11.9 Å². The molecule has 0 unspecified atom stereocenters. The molecular formula is C26H21Br2ClN2O3. The molecule has 5 nitrogen and oxygen atoms in total. The lowest BCUT2D eigenvalue weighted by Crippen LogP contribution is -2.14. The van der Waals surface area contributed by atoms with Crippen molar-refractivity contribution in [1.82, 2.24) is 0 Å². The van der Waals surface area contributed by atoms with Gasteiger partial charge < -0.3 is 14.8 Å². The third kappa shape index (κ3) is 6.63. The highest BCUT2D eigenvalue weighted by Gasteiger charge is 2.15. The number of carbonyl (C=O) groups excluding carboxylic acids is 1. The van der Waals surface area contributed by atoms with E-state index in [1.165, 1.54) is 6.08 Å². The zero-order valence-electron chi connectivity index (χ0n) is 18.5. The average Bonchev–Trinajstić information content (AvgIpc) is 2.81. The van der Waals surface area contributed by atoms with Gasteiger partial charge in [0.25, 0.3) is 5.91 Å². The van der Waals surface area contributed by atoms with Crippen molar-refractivity contribution in [3.63, 3.8) is 0 Å². The fourth-order valence-electron chi connectivity index (χ4n) is 3.06. The molecule has 8 heteroatoms. The van der Waals surface area contributed by atoms with Crippen molar-refractivity contribution in [2.45, 2.75) is 20.5 Å². The Hall–Kier alpha value is -2.79. The van der Waals surface area contributed by atoms with Gasteiger partial charge in [-0.25, -0.2) is 0 Å². The van der Waals surface area contributed by atoms with Crippen molar-refractivity contribution < 1.29 is 14.3 Å². The Morgan fingerprint density at radius 1 is 1.15 bits per heavy atom. The molecule has 0 radical (unpaired) electrons. The fourth-order valence-corrected chi connectivity index (χ4v) is 4.07. The first-order chi connectivity index (χ1) is 16.3. The van der Waals surface area contributed by atoms with Crippen LogP contribution in [0.15, 0.2) is 69.1 Å². The van der Waals surface area contributed by atoms with Crippen LogP contribution in [0.25, 0.3) is 6.08 Å². The molecule has 0 fully saturated rings. The van der Waals surface area contributed by atoms with Gasteiger partial charge in [0.1, 0.15) is 18.2 Å². The van der Waals surface area contributed by atoms with E-state index in [0.29, 0.717) is 45.5 Å². The number of nitrogens with zero attached hydrogens (tertiary/aromatic N) is 1. The van der Waals surface area contributed by atoms with E-state index in [9.17, 15) is 10.1 Å². The summed E-state index contributed by atoms with van der Waals surface area (Å²) in [6.45, 7) is 4.45. The van der Waals surface area contributed by atoms with Crippen molar-refractivity contribution in [1.29, 1.82) is 5.26 Å². The lowest BCUT2D eigenvalue weighted by Gasteiger charge is -2.15. The predicted octanol–water partition coefficient (Wildman–Crippen LogP) is 7.70. The van der Waals surface area contributed by atoms with E-state index in [-0.39, 0.29) is 5.57 Å². The minimum Gasteiger partial charge on any atom is -0.490 e. The van der Waals surface area contributed by atoms with Gasteiger partial charge in [-0.2, -0.15) is 5.26 Å². The Kier molecular flexibility index (Phi) is 9.17. The summed E-state index contributed by atoms with van der Waals surface area (Å²) in [5.41, 5.74) is 2.83. The number of benzene rings is 3. The monoisotopic (exact) mass is 602 g/mol. The number of ether oxygens (including phenoxy) is 2. The topological polar surface area (TPSA) is 71.3 Å². The van der Waals surface area contributed by atoms with Crippen LogP contribution >= 0.6 is 43.5 Å². The maximum atomic E-state index is 12.7. The maximum Gasteiger partial charge on any atom is 0.266 e. The van der Waals surface area contributed by atoms with Gasteiger partial charge in [0.05, 0.1) is 11.1 Å². The SMILES string of the molecule is CCOc1cc(/C=C(\C#N)C(=O)Nc2cccc(Cl)c2C)cc(Br)c1OCc1ccc(Br)cc1. The smallest absolute Gasteiger partial charge is 0.266 e. The Morgan fingerprint density at radius 3 is 2.56 bits per heavy atom. The fraction of sp³-hybridized carbons (Fsp3) is 0.154. The second-order valence-corrected chi connectivity index (χ2v) is 9.39. The Balaban J connectivity index is 1.86. The number of amides is 1. The van der Waals surface area contributed by atoms with Gasteiger partial charge in [-0.15, -0.1) is 0 Å². The lowest BCUT2D eigenvalue weighted by molar-refractivity contribution is -0.112. The minimum absolute atomic E-state index is 0.0581. The van der Waals surface area contributed by atoms with Crippen molar-refractivity contribution in [3.8, 4) is 17.6 Å². The molecule has 174 valence electrons. The lowest BCUT2D eigenvalue weighted by atomic mass is 10.1. The van der Waals surface area contributed by atoms with E-state index in [1.807, 2.05) is 37.3 Å². The largest absolute Gasteiger partial charge is 0.490 e. The quantitative estimate of drug-likeness (QED) is 0.211. The van der Waals surface area contributed by atoms with Crippen LogP contribution in [0.2, 0.25) is 5.02 Å². The summed E-state index contributed by atoms with van der Waals surface area (Å²) in [5, 5.41) is 12.9. The number of carbonyl (C=O) groups is 1. The summed E-state index contributed by atoms with van der Waals surface area (Å²) in [7, 11) is 0.